The van der Waals surface area contributed by atoms with Crippen molar-refractivity contribution in [1.82, 2.24) is 15.1 Å². The minimum Gasteiger partial charge on any atom is -0.344 e. The molecule has 0 radical (unpaired) electrons. The van der Waals surface area contributed by atoms with Gasteiger partial charge in [-0.2, -0.15) is 0 Å². The number of benzene rings is 1. The highest BCUT2D eigenvalue weighted by atomic mass is 19.1. The molecule has 1 heterocycles. The van der Waals surface area contributed by atoms with Gasteiger partial charge in [0.25, 0.3) is 0 Å². The van der Waals surface area contributed by atoms with Gasteiger partial charge in [-0.05, 0) is 6.07 Å². The fourth-order valence-corrected chi connectivity index (χ4v) is 2.07. The highest BCUT2D eigenvalue weighted by Crippen LogP contribution is 2.06. The summed E-state index contributed by atoms with van der Waals surface area (Å²) in [4.78, 5) is 37.2. The first-order valence-electron chi connectivity index (χ1n) is 6.61. The van der Waals surface area contributed by atoms with Crippen molar-refractivity contribution in [3.8, 4) is 0 Å². The van der Waals surface area contributed by atoms with E-state index in [0.717, 1.165) is 6.41 Å². The van der Waals surface area contributed by atoms with Crippen molar-refractivity contribution in [2.45, 2.75) is 6.54 Å². The molecule has 1 aliphatic heterocycles. The average Bonchev–Trinajstić information content (AvgIpc) is 2.53. The summed E-state index contributed by atoms with van der Waals surface area (Å²) >= 11 is 0. The van der Waals surface area contributed by atoms with Gasteiger partial charge in [0.15, 0.2) is 0 Å². The van der Waals surface area contributed by atoms with Crippen molar-refractivity contribution in [1.29, 1.82) is 0 Å². The van der Waals surface area contributed by atoms with E-state index in [1.54, 1.807) is 23.1 Å². The van der Waals surface area contributed by atoms with Gasteiger partial charge < -0.3 is 15.1 Å². The fraction of sp³-hybridized carbons (Fsp3) is 0.357. The Hall–Kier alpha value is -2.44. The van der Waals surface area contributed by atoms with Crippen molar-refractivity contribution >= 4 is 18.2 Å². The van der Waals surface area contributed by atoms with Crippen molar-refractivity contribution in [3.63, 3.8) is 0 Å². The second-order valence-corrected chi connectivity index (χ2v) is 4.71. The maximum Gasteiger partial charge on any atom is 0.312 e. The Bertz CT molecular complexity index is 542. The second kappa shape index (κ2) is 6.83. The van der Waals surface area contributed by atoms with Gasteiger partial charge in [0.05, 0.1) is 0 Å². The predicted molar refractivity (Wildman–Crippen MR) is 72.5 cm³/mol. The van der Waals surface area contributed by atoms with Crippen LogP contribution in [0.1, 0.15) is 5.56 Å². The molecule has 3 amide bonds. The smallest absolute Gasteiger partial charge is 0.312 e. The van der Waals surface area contributed by atoms with Crippen LogP contribution in [0.4, 0.5) is 4.39 Å². The largest absolute Gasteiger partial charge is 0.344 e. The van der Waals surface area contributed by atoms with Crippen LogP contribution < -0.4 is 5.32 Å². The Labute approximate surface area is 121 Å². The Morgan fingerprint density at radius 1 is 1.19 bits per heavy atom. The molecule has 0 unspecified atom stereocenters. The highest BCUT2D eigenvalue weighted by Gasteiger charge is 2.25. The molecule has 1 saturated heterocycles. The van der Waals surface area contributed by atoms with Gasteiger partial charge in [-0.15, -0.1) is 0 Å². The zero-order valence-corrected chi connectivity index (χ0v) is 11.4. The molecule has 1 fully saturated rings. The molecule has 1 N–H and O–H groups in total. The van der Waals surface area contributed by atoms with Crippen molar-refractivity contribution in [2.75, 3.05) is 26.2 Å². The number of piperazine rings is 1. The maximum absolute atomic E-state index is 13.4. The Balaban J connectivity index is 1.85. The van der Waals surface area contributed by atoms with Crippen LogP contribution in [-0.2, 0) is 20.9 Å². The van der Waals surface area contributed by atoms with Crippen molar-refractivity contribution in [2.24, 2.45) is 0 Å². The predicted octanol–water partition coefficient (Wildman–Crippen LogP) is -0.257. The number of hydrogen-bond acceptors (Lipinski definition) is 3. The summed E-state index contributed by atoms with van der Waals surface area (Å²) in [5, 5.41) is 2.41. The molecule has 1 aromatic rings. The van der Waals surface area contributed by atoms with Crippen LogP contribution in [0.25, 0.3) is 0 Å². The van der Waals surface area contributed by atoms with E-state index in [9.17, 15) is 18.8 Å². The Morgan fingerprint density at radius 3 is 2.48 bits per heavy atom. The number of nitrogens with one attached hydrogen (secondary N) is 1. The highest BCUT2D eigenvalue weighted by molar-refractivity contribution is 6.35. The topological polar surface area (TPSA) is 69.7 Å². The third-order valence-corrected chi connectivity index (χ3v) is 3.34. The van der Waals surface area contributed by atoms with Crippen molar-refractivity contribution < 1.29 is 18.8 Å². The third-order valence-electron chi connectivity index (χ3n) is 3.34. The lowest BCUT2D eigenvalue weighted by Crippen LogP contribution is -2.52. The minimum absolute atomic E-state index is 0.0362. The molecule has 2 rings (SSSR count). The number of amides is 3. The average molecular weight is 293 g/mol. The van der Waals surface area contributed by atoms with E-state index >= 15 is 0 Å². The zero-order valence-electron chi connectivity index (χ0n) is 11.4. The molecule has 6 nitrogen and oxygen atoms in total. The lowest BCUT2D eigenvalue weighted by Gasteiger charge is -2.31. The molecule has 0 atom stereocenters. The molecule has 0 saturated carbocycles. The van der Waals surface area contributed by atoms with Crippen LogP contribution in [0.3, 0.4) is 0 Å². The third kappa shape index (κ3) is 3.77. The van der Waals surface area contributed by atoms with Crippen LogP contribution in [0.2, 0.25) is 0 Å². The molecule has 0 aliphatic carbocycles. The van der Waals surface area contributed by atoms with E-state index in [2.05, 4.69) is 5.32 Å². The molecule has 112 valence electrons. The molecule has 0 bridgehead atoms. The first kappa shape index (κ1) is 15.0. The first-order chi connectivity index (χ1) is 10.1. The number of rotatable bonds is 3. The number of hydrogen-bond donors (Lipinski definition) is 1. The van der Waals surface area contributed by atoms with Crippen LogP contribution in [-0.4, -0.2) is 54.2 Å². The Morgan fingerprint density at radius 2 is 1.86 bits per heavy atom. The summed E-state index contributed by atoms with van der Waals surface area (Å²) in [6.07, 6.45) is 0.722. The molecule has 21 heavy (non-hydrogen) atoms. The van der Waals surface area contributed by atoms with E-state index in [4.69, 9.17) is 0 Å². The summed E-state index contributed by atoms with van der Waals surface area (Å²) in [6.45, 7) is 1.44. The molecular formula is C14H16FN3O3. The summed E-state index contributed by atoms with van der Waals surface area (Å²) in [5.41, 5.74) is 0.324. The van der Waals surface area contributed by atoms with Crippen molar-refractivity contribution in [3.05, 3.63) is 35.6 Å². The number of nitrogens with zero attached hydrogens (tertiary/aromatic N) is 2. The van der Waals surface area contributed by atoms with Crippen LogP contribution in [0, 0.1) is 5.82 Å². The summed E-state index contributed by atoms with van der Waals surface area (Å²) in [5.74, 6) is -1.85. The summed E-state index contributed by atoms with van der Waals surface area (Å²) in [7, 11) is 0. The minimum atomic E-state index is -0.766. The molecule has 0 spiro atoms. The summed E-state index contributed by atoms with van der Waals surface area (Å²) < 4.78 is 13.4. The van der Waals surface area contributed by atoms with Gasteiger partial charge in [-0.1, -0.05) is 18.2 Å². The molecule has 0 aromatic heterocycles. The van der Waals surface area contributed by atoms with E-state index in [1.807, 2.05) is 0 Å². The van der Waals surface area contributed by atoms with E-state index in [-0.39, 0.29) is 6.54 Å². The quantitative estimate of drug-likeness (QED) is 0.617. The monoisotopic (exact) mass is 293 g/mol. The van der Waals surface area contributed by atoms with E-state index in [1.165, 1.54) is 11.0 Å². The van der Waals surface area contributed by atoms with Crippen LogP contribution in [0.15, 0.2) is 24.3 Å². The normalized spacial score (nSPS) is 14.7. The fourth-order valence-electron chi connectivity index (χ4n) is 2.07. The zero-order chi connectivity index (χ0) is 15.2. The molecule has 1 aromatic carbocycles. The number of halogens is 1. The maximum atomic E-state index is 13.4. The molecular weight excluding hydrogens is 277 g/mol. The Kier molecular flexibility index (Phi) is 4.86. The van der Waals surface area contributed by atoms with E-state index < -0.39 is 17.6 Å². The van der Waals surface area contributed by atoms with Gasteiger partial charge in [-0.3, -0.25) is 14.4 Å². The van der Waals surface area contributed by atoms with Gasteiger partial charge >= 0.3 is 11.8 Å². The van der Waals surface area contributed by atoms with Crippen LogP contribution >= 0.6 is 0 Å². The SMILES string of the molecule is O=CN1CCN(C(=O)C(=O)NCc2ccccc2F)CC1. The second-order valence-electron chi connectivity index (χ2n) is 4.71. The van der Waals surface area contributed by atoms with Gasteiger partial charge in [0, 0.05) is 38.3 Å². The van der Waals surface area contributed by atoms with Gasteiger partial charge in [-0.25, -0.2) is 4.39 Å². The standard InChI is InChI=1S/C14H16FN3O3/c15-12-4-2-1-3-11(12)9-16-13(20)14(21)18-7-5-17(10-19)6-8-18/h1-4,10H,5-9H2,(H,16,20). The van der Waals surface area contributed by atoms with E-state index in [0.29, 0.717) is 31.7 Å². The lowest BCUT2D eigenvalue weighted by molar-refractivity contribution is -0.147. The number of carbonyl (C=O) groups is 3. The van der Waals surface area contributed by atoms with Gasteiger partial charge in [0.2, 0.25) is 6.41 Å². The number of carbonyl (C=O) groups excluding carboxylic acids is 3. The first-order valence-corrected chi connectivity index (χ1v) is 6.61. The molecule has 1 aliphatic rings. The van der Waals surface area contributed by atoms with Crippen LogP contribution in [0.5, 0.6) is 0 Å². The lowest BCUT2D eigenvalue weighted by atomic mass is 10.2. The molecule has 7 heteroatoms. The van der Waals surface area contributed by atoms with Gasteiger partial charge in [0.1, 0.15) is 5.82 Å². The summed E-state index contributed by atoms with van der Waals surface area (Å²) in [6, 6.07) is 6.05.